The van der Waals surface area contributed by atoms with Gasteiger partial charge in [0.2, 0.25) is 0 Å². The van der Waals surface area contributed by atoms with E-state index in [9.17, 15) is 29.1 Å². The SMILES string of the molecule is CC(C)[C@H](NC(=O)OCc1ccccc1)C(=O)OCC(COC(=O)[C@H](C(C)C)N(C)C(=O)OCc1ccccc1)CC(=O)O. The lowest BCUT2D eigenvalue weighted by atomic mass is 10.0. The molecule has 1 unspecified atom stereocenters. The summed E-state index contributed by atoms with van der Waals surface area (Å²) in [5, 5.41) is 11.9. The van der Waals surface area contributed by atoms with E-state index in [1.165, 1.54) is 7.05 Å². The lowest BCUT2D eigenvalue weighted by molar-refractivity contribution is -0.157. The van der Waals surface area contributed by atoms with Gasteiger partial charge in [-0.2, -0.15) is 0 Å². The summed E-state index contributed by atoms with van der Waals surface area (Å²) in [7, 11) is 1.42. The molecule has 2 aromatic rings. The predicted molar refractivity (Wildman–Crippen MR) is 159 cm³/mol. The number of carbonyl (C=O) groups is 5. The van der Waals surface area contributed by atoms with Crippen LogP contribution in [0.3, 0.4) is 0 Å². The largest absolute Gasteiger partial charge is 0.481 e. The van der Waals surface area contributed by atoms with E-state index in [-0.39, 0.29) is 38.3 Å². The molecule has 44 heavy (non-hydrogen) atoms. The number of esters is 2. The molecular weight excluding hydrogens is 572 g/mol. The van der Waals surface area contributed by atoms with Gasteiger partial charge >= 0.3 is 30.1 Å². The highest BCUT2D eigenvalue weighted by atomic mass is 16.6. The van der Waals surface area contributed by atoms with Gasteiger partial charge < -0.3 is 29.4 Å². The Balaban J connectivity index is 1.94. The molecule has 240 valence electrons. The Labute approximate surface area is 257 Å². The van der Waals surface area contributed by atoms with Crippen LogP contribution >= 0.6 is 0 Å². The second-order valence-electron chi connectivity index (χ2n) is 11.0. The summed E-state index contributed by atoms with van der Waals surface area (Å²) in [5.41, 5.74) is 1.55. The molecule has 0 aliphatic heterocycles. The Morgan fingerprint density at radius 2 is 1.23 bits per heavy atom. The molecule has 0 saturated carbocycles. The maximum absolute atomic E-state index is 13.0. The molecule has 0 spiro atoms. The molecule has 12 heteroatoms. The van der Waals surface area contributed by atoms with Crippen molar-refractivity contribution in [1.29, 1.82) is 0 Å². The number of alkyl carbamates (subject to hydrolysis) is 1. The highest BCUT2D eigenvalue weighted by Gasteiger charge is 2.33. The van der Waals surface area contributed by atoms with Gasteiger partial charge in [0.15, 0.2) is 0 Å². The standard InChI is InChI=1S/C32H42N2O10/c1-21(2)27(33-31(39)43-17-23-12-8-6-9-13-23)29(37)41-19-25(16-26(35)36)20-42-30(38)28(22(3)4)34(5)32(40)44-18-24-14-10-7-11-15-24/h6-15,21-22,25,27-28H,16-20H2,1-5H3,(H,33,39)(H,35,36)/t25?,27-,28-/m0/s1. The van der Waals surface area contributed by atoms with Gasteiger partial charge in [0.25, 0.3) is 0 Å². The van der Waals surface area contributed by atoms with Crippen LogP contribution in [0.1, 0.15) is 45.2 Å². The van der Waals surface area contributed by atoms with Crippen LogP contribution in [0.5, 0.6) is 0 Å². The summed E-state index contributed by atoms with van der Waals surface area (Å²) in [6.45, 7) is 6.13. The molecular formula is C32H42N2O10. The molecule has 2 N–H and O–H groups in total. The van der Waals surface area contributed by atoms with Crippen molar-refractivity contribution in [1.82, 2.24) is 10.2 Å². The molecule has 0 saturated heterocycles. The molecule has 12 nitrogen and oxygen atoms in total. The number of carbonyl (C=O) groups excluding carboxylic acids is 4. The molecule has 3 atom stereocenters. The number of aliphatic carboxylic acids is 1. The Kier molecular flexibility index (Phi) is 14.7. The van der Waals surface area contributed by atoms with E-state index >= 15 is 0 Å². The Morgan fingerprint density at radius 3 is 1.70 bits per heavy atom. The summed E-state index contributed by atoms with van der Waals surface area (Å²) in [4.78, 5) is 63.5. The monoisotopic (exact) mass is 614 g/mol. The van der Waals surface area contributed by atoms with E-state index < -0.39 is 54.5 Å². The van der Waals surface area contributed by atoms with Crippen LogP contribution in [0.25, 0.3) is 0 Å². The highest BCUT2D eigenvalue weighted by molar-refractivity contribution is 5.82. The summed E-state index contributed by atoms with van der Waals surface area (Å²) in [6.07, 6.45) is -2.00. The van der Waals surface area contributed by atoms with E-state index in [1.54, 1.807) is 64.1 Å². The van der Waals surface area contributed by atoms with Crippen LogP contribution in [0, 0.1) is 17.8 Å². The quantitative estimate of drug-likeness (QED) is 0.205. The van der Waals surface area contributed by atoms with E-state index in [4.69, 9.17) is 18.9 Å². The first-order chi connectivity index (χ1) is 20.9. The predicted octanol–water partition coefficient (Wildman–Crippen LogP) is 4.41. The van der Waals surface area contributed by atoms with Crippen molar-refractivity contribution in [3.63, 3.8) is 0 Å². The number of ether oxygens (including phenoxy) is 4. The highest BCUT2D eigenvalue weighted by Crippen LogP contribution is 2.16. The van der Waals surface area contributed by atoms with Crippen molar-refractivity contribution in [3.05, 3.63) is 71.8 Å². The molecule has 0 aliphatic carbocycles. The lowest BCUT2D eigenvalue weighted by Gasteiger charge is -2.29. The number of carboxylic acids is 1. The summed E-state index contributed by atoms with van der Waals surface area (Å²) < 4.78 is 21.3. The summed E-state index contributed by atoms with van der Waals surface area (Å²) >= 11 is 0. The number of hydrogen-bond donors (Lipinski definition) is 2. The molecule has 0 aromatic heterocycles. The number of amides is 2. The fourth-order valence-corrected chi connectivity index (χ4v) is 4.19. The van der Waals surface area contributed by atoms with Crippen LogP contribution in [0.15, 0.2) is 60.7 Å². The normalized spacial score (nSPS) is 12.9. The minimum atomic E-state index is -1.19. The van der Waals surface area contributed by atoms with E-state index in [0.29, 0.717) is 0 Å². The van der Waals surface area contributed by atoms with E-state index in [2.05, 4.69) is 5.32 Å². The van der Waals surface area contributed by atoms with Crippen molar-refractivity contribution in [2.24, 2.45) is 17.8 Å². The minimum Gasteiger partial charge on any atom is -0.481 e. The van der Waals surface area contributed by atoms with Gasteiger partial charge in [-0.3, -0.25) is 9.69 Å². The molecule has 0 fully saturated rings. The van der Waals surface area contributed by atoms with Crippen molar-refractivity contribution < 1.29 is 48.0 Å². The molecule has 0 bridgehead atoms. The van der Waals surface area contributed by atoms with Gasteiger partial charge in [0, 0.05) is 13.0 Å². The molecule has 2 rings (SSSR count). The van der Waals surface area contributed by atoms with Crippen LogP contribution in [0.2, 0.25) is 0 Å². The fourth-order valence-electron chi connectivity index (χ4n) is 4.19. The number of likely N-dealkylation sites (N-methyl/N-ethyl adjacent to an activating group) is 1. The van der Waals surface area contributed by atoms with E-state index in [0.717, 1.165) is 16.0 Å². The van der Waals surface area contributed by atoms with Gasteiger partial charge in [0.1, 0.15) is 25.3 Å². The molecule has 0 radical (unpaired) electrons. The Morgan fingerprint density at radius 1 is 0.727 bits per heavy atom. The second kappa shape index (κ2) is 18.1. The average Bonchev–Trinajstić information content (AvgIpc) is 2.99. The number of hydrogen-bond acceptors (Lipinski definition) is 9. The maximum Gasteiger partial charge on any atom is 0.410 e. The van der Waals surface area contributed by atoms with Crippen LogP contribution in [-0.2, 0) is 46.5 Å². The minimum absolute atomic E-state index is 0.00982. The number of nitrogens with zero attached hydrogens (tertiary/aromatic N) is 1. The zero-order chi connectivity index (χ0) is 32.6. The van der Waals surface area contributed by atoms with Crippen molar-refractivity contribution >= 4 is 30.1 Å². The number of nitrogens with one attached hydrogen (secondary N) is 1. The van der Waals surface area contributed by atoms with Crippen molar-refractivity contribution in [2.75, 3.05) is 20.3 Å². The van der Waals surface area contributed by atoms with Crippen molar-refractivity contribution in [3.8, 4) is 0 Å². The molecule has 0 heterocycles. The first kappa shape index (κ1) is 35.6. The van der Waals surface area contributed by atoms with Gasteiger partial charge in [-0.15, -0.1) is 0 Å². The first-order valence-electron chi connectivity index (χ1n) is 14.3. The topological polar surface area (TPSA) is 158 Å². The Bertz CT molecular complexity index is 1220. The zero-order valence-corrected chi connectivity index (χ0v) is 25.8. The smallest absolute Gasteiger partial charge is 0.410 e. The summed E-state index contributed by atoms with van der Waals surface area (Å²) in [6, 6.07) is 16.0. The van der Waals surface area contributed by atoms with Gasteiger partial charge in [0.05, 0.1) is 19.6 Å². The van der Waals surface area contributed by atoms with Gasteiger partial charge in [-0.1, -0.05) is 88.4 Å². The molecule has 2 aromatic carbocycles. The molecule has 0 aliphatic rings. The molecule has 2 amide bonds. The number of benzene rings is 2. The van der Waals surface area contributed by atoms with Crippen LogP contribution in [0.4, 0.5) is 9.59 Å². The van der Waals surface area contributed by atoms with Crippen LogP contribution in [-0.4, -0.2) is 72.4 Å². The number of carboxylic acid groups (broad SMARTS) is 1. The van der Waals surface area contributed by atoms with Crippen molar-refractivity contribution in [2.45, 2.75) is 59.4 Å². The van der Waals surface area contributed by atoms with E-state index in [1.807, 2.05) is 24.3 Å². The third-order valence-electron chi connectivity index (χ3n) is 6.58. The lowest BCUT2D eigenvalue weighted by Crippen LogP contribution is -2.47. The summed E-state index contributed by atoms with van der Waals surface area (Å²) in [5.74, 6) is -4.35. The second-order valence-corrected chi connectivity index (χ2v) is 11.0. The third-order valence-corrected chi connectivity index (χ3v) is 6.58. The number of rotatable bonds is 16. The average molecular weight is 615 g/mol. The van der Waals surface area contributed by atoms with Crippen LogP contribution < -0.4 is 5.32 Å². The first-order valence-corrected chi connectivity index (χ1v) is 14.3. The maximum atomic E-state index is 13.0. The van der Waals surface area contributed by atoms with Gasteiger partial charge in [-0.25, -0.2) is 19.2 Å². The van der Waals surface area contributed by atoms with Gasteiger partial charge in [-0.05, 0) is 23.0 Å². The fraction of sp³-hybridized carbons (Fsp3) is 0.469. The zero-order valence-electron chi connectivity index (χ0n) is 25.8. The third kappa shape index (κ3) is 12.3. The Hall–Kier alpha value is -4.61.